The van der Waals surface area contributed by atoms with Crippen LogP contribution >= 0.6 is 11.6 Å². The summed E-state index contributed by atoms with van der Waals surface area (Å²) in [4.78, 5) is 0. The Kier molecular flexibility index (Phi) is 3.09. The summed E-state index contributed by atoms with van der Waals surface area (Å²) < 4.78 is 1.92. The van der Waals surface area contributed by atoms with Gasteiger partial charge >= 0.3 is 0 Å². The van der Waals surface area contributed by atoms with E-state index in [9.17, 15) is 0 Å². The molecule has 0 fully saturated rings. The van der Waals surface area contributed by atoms with E-state index in [1.165, 1.54) is 0 Å². The van der Waals surface area contributed by atoms with Crippen LogP contribution in [0.3, 0.4) is 0 Å². The lowest BCUT2D eigenvalue weighted by Crippen LogP contribution is -2.13. The Hall–Kier alpha value is -0.570. The minimum Gasteiger partial charge on any atom is -0.301 e. The van der Waals surface area contributed by atoms with Crippen molar-refractivity contribution in [3.8, 4) is 0 Å². The molecule has 0 radical (unpaired) electrons. The summed E-state index contributed by atoms with van der Waals surface area (Å²) in [5.74, 6) is 0.559. The topological polar surface area (TPSA) is 30.7 Å². The van der Waals surface area contributed by atoms with Crippen LogP contribution in [0, 0.1) is 5.92 Å². The summed E-state index contributed by atoms with van der Waals surface area (Å²) >= 11 is 5.85. The number of halogens is 1. The van der Waals surface area contributed by atoms with Gasteiger partial charge in [0, 0.05) is 6.04 Å². The molecule has 0 amide bonds. The molecule has 0 aromatic carbocycles. The molecule has 0 saturated heterocycles. The molecule has 1 unspecified atom stereocenters. The molecule has 3 nitrogen and oxygen atoms in total. The van der Waals surface area contributed by atoms with Crippen molar-refractivity contribution in [3.63, 3.8) is 0 Å². The molecule has 0 aliphatic rings. The fourth-order valence-corrected chi connectivity index (χ4v) is 1.65. The number of aromatic nitrogens is 3. The molecule has 12 heavy (non-hydrogen) atoms. The summed E-state index contributed by atoms with van der Waals surface area (Å²) in [6, 6.07) is 0.410. The van der Waals surface area contributed by atoms with Gasteiger partial charge in [0.15, 0.2) is 0 Å². The fourth-order valence-electron chi connectivity index (χ4n) is 1.44. The quantitative estimate of drug-likeness (QED) is 0.728. The second kappa shape index (κ2) is 3.90. The van der Waals surface area contributed by atoms with Gasteiger partial charge in [0.05, 0.1) is 0 Å². The Morgan fingerprint density at radius 1 is 1.58 bits per heavy atom. The lowest BCUT2D eigenvalue weighted by Gasteiger charge is -2.20. The van der Waals surface area contributed by atoms with Crippen LogP contribution in [-0.2, 0) is 0 Å². The van der Waals surface area contributed by atoms with Crippen LogP contribution in [0.5, 0.6) is 0 Å². The Labute approximate surface area is 77.8 Å². The van der Waals surface area contributed by atoms with Crippen LogP contribution in [0.2, 0.25) is 5.28 Å². The zero-order valence-corrected chi connectivity index (χ0v) is 8.41. The van der Waals surface area contributed by atoms with Crippen LogP contribution in [0.4, 0.5) is 0 Å². The Morgan fingerprint density at radius 2 is 2.25 bits per heavy atom. The number of rotatable bonds is 3. The van der Waals surface area contributed by atoms with E-state index in [-0.39, 0.29) is 0 Å². The van der Waals surface area contributed by atoms with Gasteiger partial charge < -0.3 is 4.57 Å². The minimum absolute atomic E-state index is 0.410. The number of hydrogen-bond acceptors (Lipinski definition) is 2. The van der Waals surface area contributed by atoms with Crippen molar-refractivity contribution in [1.82, 2.24) is 14.8 Å². The van der Waals surface area contributed by atoms with Crippen molar-refractivity contribution in [1.29, 1.82) is 0 Å². The van der Waals surface area contributed by atoms with E-state index in [1.807, 2.05) is 4.57 Å². The molecule has 1 rings (SSSR count). The molecular weight excluding hydrogens is 174 g/mol. The second-order valence-electron chi connectivity index (χ2n) is 3.23. The first-order valence-electron chi connectivity index (χ1n) is 4.21. The van der Waals surface area contributed by atoms with Crippen LogP contribution < -0.4 is 0 Å². The molecule has 1 heterocycles. The lowest BCUT2D eigenvalue weighted by atomic mass is 10.0. The van der Waals surface area contributed by atoms with Gasteiger partial charge in [-0.3, -0.25) is 0 Å². The third-order valence-corrected chi connectivity index (χ3v) is 2.35. The Morgan fingerprint density at radius 3 is 2.58 bits per heavy atom. The van der Waals surface area contributed by atoms with Gasteiger partial charge in [0.25, 0.3) is 0 Å². The van der Waals surface area contributed by atoms with E-state index in [1.54, 1.807) is 6.33 Å². The molecule has 0 N–H and O–H groups in total. The number of hydrogen-bond donors (Lipinski definition) is 0. The molecule has 1 atom stereocenters. The highest BCUT2D eigenvalue weighted by Gasteiger charge is 2.15. The third kappa shape index (κ3) is 1.78. The number of nitrogens with zero attached hydrogens (tertiary/aromatic N) is 3. The zero-order chi connectivity index (χ0) is 9.14. The maximum atomic E-state index is 5.85. The van der Waals surface area contributed by atoms with Crippen molar-refractivity contribution < 1.29 is 0 Å². The molecule has 1 aromatic rings. The average Bonchev–Trinajstić information content (AvgIpc) is 2.38. The molecular formula is C8H14ClN3. The van der Waals surface area contributed by atoms with Gasteiger partial charge in [0.2, 0.25) is 5.28 Å². The maximum Gasteiger partial charge on any atom is 0.225 e. The minimum atomic E-state index is 0.410. The predicted octanol–water partition coefficient (Wildman–Crippen LogP) is 2.54. The lowest BCUT2D eigenvalue weighted by molar-refractivity contribution is 0.365. The highest BCUT2D eigenvalue weighted by Crippen LogP contribution is 2.23. The molecule has 0 aliphatic carbocycles. The highest BCUT2D eigenvalue weighted by molar-refractivity contribution is 6.28. The molecule has 68 valence electrons. The van der Waals surface area contributed by atoms with E-state index < -0.39 is 0 Å². The van der Waals surface area contributed by atoms with Gasteiger partial charge in [-0.2, -0.15) is 0 Å². The molecule has 4 heteroatoms. The molecule has 1 aromatic heterocycles. The standard InChI is InChI=1S/C8H14ClN3/c1-4-7(6(2)3)12-5-10-11-8(12)9/h5-7H,4H2,1-3H3. The monoisotopic (exact) mass is 187 g/mol. The largest absolute Gasteiger partial charge is 0.301 e. The summed E-state index contributed by atoms with van der Waals surface area (Å²) in [6.45, 7) is 6.48. The first kappa shape index (κ1) is 9.52. The van der Waals surface area contributed by atoms with Crippen LogP contribution in [0.1, 0.15) is 33.2 Å². The Bertz CT molecular complexity index is 244. The summed E-state index contributed by atoms with van der Waals surface area (Å²) in [5, 5.41) is 7.98. The highest BCUT2D eigenvalue weighted by atomic mass is 35.5. The summed E-state index contributed by atoms with van der Waals surface area (Å²) in [6.07, 6.45) is 2.74. The van der Waals surface area contributed by atoms with E-state index in [4.69, 9.17) is 11.6 Å². The molecule has 0 saturated carbocycles. The molecule has 0 spiro atoms. The maximum absolute atomic E-state index is 5.85. The van der Waals surface area contributed by atoms with Crippen molar-refractivity contribution in [2.75, 3.05) is 0 Å². The summed E-state index contributed by atoms with van der Waals surface area (Å²) in [5.41, 5.74) is 0. The predicted molar refractivity (Wildman–Crippen MR) is 49.2 cm³/mol. The Balaban J connectivity index is 2.87. The fraction of sp³-hybridized carbons (Fsp3) is 0.750. The summed E-state index contributed by atoms with van der Waals surface area (Å²) in [7, 11) is 0. The molecule has 0 bridgehead atoms. The second-order valence-corrected chi connectivity index (χ2v) is 3.56. The van der Waals surface area contributed by atoms with Gasteiger partial charge in [-0.1, -0.05) is 20.8 Å². The third-order valence-electron chi connectivity index (χ3n) is 2.07. The van der Waals surface area contributed by atoms with E-state index in [0.717, 1.165) is 6.42 Å². The van der Waals surface area contributed by atoms with Crippen LogP contribution in [0.25, 0.3) is 0 Å². The van der Waals surface area contributed by atoms with Gasteiger partial charge in [-0.25, -0.2) is 0 Å². The van der Waals surface area contributed by atoms with Crippen LogP contribution in [-0.4, -0.2) is 14.8 Å². The van der Waals surface area contributed by atoms with Gasteiger partial charge in [-0.05, 0) is 23.9 Å². The molecule has 0 aliphatic heterocycles. The van der Waals surface area contributed by atoms with E-state index >= 15 is 0 Å². The van der Waals surface area contributed by atoms with Crippen molar-refractivity contribution in [3.05, 3.63) is 11.6 Å². The van der Waals surface area contributed by atoms with Crippen LogP contribution in [0.15, 0.2) is 6.33 Å². The van der Waals surface area contributed by atoms with E-state index in [2.05, 4.69) is 31.0 Å². The first-order valence-corrected chi connectivity index (χ1v) is 4.59. The zero-order valence-electron chi connectivity index (χ0n) is 7.66. The van der Waals surface area contributed by atoms with Gasteiger partial charge in [0.1, 0.15) is 6.33 Å². The SMILES string of the molecule is CCC(C(C)C)n1cnnc1Cl. The van der Waals surface area contributed by atoms with Gasteiger partial charge in [-0.15, -0.1) is 10.2 Å². The van der Waals surface area contributed by atoms with Crippen molar-refractivity contribution in [2.45, 2.75) is 33.2 Å². The smallest absolute Gasteiger partial charge is 0.225 e. The first-order chi connectivity index (χ1) is 5.66. The van der Waals surface area contributed by atoms with E-state index in [0.29, 0.717) is 17.2 Å². The average molecular weight is 188 g/mol. The van der Waals surface area contributed by atoms with Crippen molar-refractivity contribution in [2.24, 2.45) is 5.92 Å². The normalized spacial score (nSPS) is 13.8. The van der Waals surface area contributed by atoms with Crippen molar-refractivity contribution >= 4 is 11.6 Å².